The van der Waals surface area contributed by atoms with Crippen LogP contribution < -0.4 is 0 Å². The zero-order chi connectivity index (χ0) is 26.3. The SMILES string of the molecule is C=C(C)C(=O)OC(C)C(C)OC(=O)C1CCN(C(=O)OCc2c([N+](=O)[O-])cccc2[N+](=O)[O-])CC1. The zero-order valence-electron chi connectivity index (χ0n) is 19.6. The van der Waals surface area contributed by atoms with Crippen molar-refractivity contribution in [2.24, 2.45) is 5.92 Å². The zero-order valence-corrected chi connectivity index (χ0v) is 19.6. The normalized spacial score (nSPS) is 15.5. The van der Waals surface area contributed by atoms with Gasteiger partial charge in [-0.3, -0.25) is 25.0 Å². The molecule has 13 heteroatoms. The van der Waals surface area contributed by atoms with Crippen LogP contribution in [0, 0.1) is 26.1 Å². The highest BCUT2D eigenvalue weighted by atomic mass is 16.6. The van der Waals surface area contributed by atoms with Gasteiger partial charge in [-0.05, 0) is 39.7 Å². The highest BCUT2D eigenvalue weighted by Crippen LogP contribution is 2.29. The predicted molar refractivity (Wildman–Crippen MR) is 120 cm³/mol. The number of ether oxygens (including phenoxy) is 3. The monoisotopic (exact) mass is 493 g/mol. The van der Waals surface area contributed by atoms with Crippen molar-refractivity contribution in [3.63, 3.8) is 0 Å². The lowest BCUT2D eigenvalue weighted by Gasteiger charge is -2.31. The third kappa shape index (κ3) is 7.22. The second-order valence-corrected chi connectivity index (χ2v) is 8.14. The van der Waals surface area contributed by atoms with Crippen LogP contribution in [0.4, 0.5) is 16.2 Å². The predicted octanol–water partition coefficient (Wildman–Crippen LogP) is 3.29. The van der Waals surface area contributed by atoms with E-state index in [4.69, 9.17) is 14.2 Å². The molecule has 1 amide bonds. The number of amides is 1. The molecule has 13 nitrogen and oxygen atoms in total. The molecule has 1 saturated heterocycles. The molecule has 0 aliphatic carbocycles. The van der Waals surface area contributed by atoms with Gasteiger partial charge < -0.3 is 19.1 Å². The Morgan fingerprint density at radius 1 is 1.06 bits per heavy atom. The summed E-state index contributed by atoms with van der Waals surface area (Å²) in [6.07, 6.45) is -1.60. The summed E-state index contributed by atoms with van der Waals surface area (Å²) in [5.74, 6) is -1.56. The fraction of sp³-hybridized carbons (Fsp3) is 0.500. The van der Waals surface area contributed by atoms with Gasteiger partial charge in [-0.1, -0.05) is 6.58 Å². The molecule has 2 unspecified atom stereocenters. The van der Waals surface area contributed by atoms with Crippen LogP contribution in [-0.2, 0) is 30.4 Å². The summed E-state index contributed by atoms with van der Waals surface area (Å²) in [5, 5.41) is 22.4. The quantitative estimate of drug-likeness (QED) is 0.164. The molecule has 190 valence electrons. The first-order chi connectivity index (χ1) is 16.4. The Balaban J connectivity index is 1.89. The van der Waals surface area contributed by atoms with Crippen molar-refractivity contribution < 1.29 is 38.4 Å². The number of carbonyl (C=O) groups excluding carboxylic acids is 3. The minimum atomic E-state index is -0.807. The van der Waals surface area contributed by atoms with E-state index < -0.39 is 64.0 Å². The van der Waals surface area contributed by atoms with Gasteiger partial charge in [-0.15, -0.1) is 0 Å². The van der Waals surface area contributed by atoms with Gasteiger partial charge in [0.1, 0.15) is 24.4 Å². The van der Waals surface area contributed by atoms with Crippen LogP contribution in [0.1, 0.15) is 39.2 Å². The summed E-state index contributed by atoms with van der Waals surface area (Å²) in [6, 6.07) is 3.36. The topological polar surface area (TPSA) is 168 Å². The molecule has 0 spiro atoms. The lowest BCUT2D eigenvalue weighted by Crippen LogP contribution is -2.42. The van der Waals surface area contributed by atoms with Crippen molar-refractivity contribution in [3.8, 4) is 0 Å². The average molecular weight is 493 g/mol. The fourth-order valence-corrected chi connectivity index (χ4v) is 3.32. The van der Waals surface area contributed by atoms with Crippen LogP contribution in [0.15, 0.2) is 30.4 Å². The van der Waals surface area contributed by atoms with Crippen LogP contribution in [0.3, 0.4) is 0 Å². The van der Waals surface area contributed by atoms with Crippen molar-refractivity contribution in [3.05, 3.63) is 56.1 Å². The van der Waals surface area contributed by atoms with Gasteiger partial charge in [-0.25, -0.2) is 9.59 Å². The third-order valence-electron chi connectivity index (χ3n) is 5.55. The Morgan fingerprint density at radius 3 is 2.06 bits per heavy atom. The number of nitro groups is 2. The molecular weight excluding hydrogens is 466 g/mol. The smallest absolute Gasteiger partial charge is 0.410 e. The molecule has 1 aliphatic rings. The summed E-state index contributed by atoms with van der Waals surface area (Å²) < 4.78 is 15.7. The largest absolute Gasteiger partial charge is 0.459 e. The highest BCUT2D eigenvalue weighted by molar-refractivity contribution is 5.87. The van der Waals surface area contributed by atoms with Gasteiger partial charge >= 0.3 is 18.0 Å². The number of piperidine rings is 1. The van der Waals surface area contributed by atoms with Crippen molar-refractivity contribution in [1.29, 1.82) is 0 Å². The molecular formula is C22H27N3O10. The second kappa shape index (κ2) is 11.9. The van der Waals surface area contributed by atoms with E-state index in [1.54, 1.807) is 13.8 Å². The maximum atomic E-state index is 12.5. The molecule has 35 heavy (non-hydrogen) atoms. The molecule has 0 N–H and O–H groups in total. The Kier molecular flexibility index (Phi) is 9.26. The molecule has 0 aromatic heterocycles. The summed E-state index contributed by atoms with van der Waals surface area (Å²) in [7, 11) is 0. The van der Waals surface area contributed by atoms with Crippen molar-refractivity contribution in [2.75, 3.05) is 13.1 Å². The Bertz CT molecular complexity index is 984. The fourth-order valence-electron chi connectivity index (χ4n) is 3.32. The number of benzene rings is 1. The van der Waals surface area contributed by atoms with Gasteiger partial charge in [0.25, 0.3) is 11.4 Å². The van der Waals surface area contributed by atoms with E-state index in [0.717, 1.165) is 12.1 Å². The molecule has 2 atom stereocenters. The summed E-state index contributed by atoms with van der Waals surface area (Å²) in [6.45, 7) is 7.87. The number of nitro benzene ring substituents is 2. The molecule has 0 saturated carbocycles. The number of rotatable bonds is 9. The van der Waals surface area contributed by atoms with E-state index in [9.17, 15) is 34.6 Å². The van der Waals surface area contributed by atoms with Crippen molar-refractivity contribution in [2.45, 2.75) is 52.4 Å². The highest BCUT2D eigenvalue weighted by Gasteiger charge is 2.32. The molecule has 1 aromatic carbocycles. The number of likely N-dealkylation sites (tertiary alicyclic amines) is 1. The van der Waals surface area contributed by atoms with Crippen LogP contribution >= 0.6 is 0 Å². The van der Waals surface area contributed by atoms with E-state index >= 15 is 0 Å². The summed E-state index contributed by atoms with van der Waals surface area (Å²) in [5.41, 5.74) is -1.13. The standard InChI is InChI=1S/C22H27N3O10/c1-13(2)20(26)34-14(3)15(4)35-21(27)16-8-10-23(11-9-16)22(28)33-12-17-18(24(29)30)6-5-7-19(17)25(31)32/h5-7,14-16H,1,8-12H2,2-4H3. The number of hydrogen-bond acceptors (Lipinski definition) is 10. The van der Waals surface area contributed by atoms with E-state index in [2.05, 4.69) is 6.58 Å². The lowest BCUT2D eigenvalue weighted by atomic mass is 9.97. The van der Waals surface area contributed by atoms with Gasteiger partial charge in [0.15, 0.2) is 0 Å². The molecule has 0 bridgehead atoms. The maximum absolute atomic E-state index is 12.5. The summed E-state index contributed by atoms with van der Waals surface area (Å²) in [4.78, 5) is 58.7. The average Bonchev–Trinajstić information content (AvgIpc) is 2.81. The van der Waals surface area contributed by atoms with E-state index in [-0.39, 0.29) is 37.1 Å². The van der Waals surface area contributed by atoms with Gasteiger partial charge in [0.05, 0.1) is 15.8 Å². The minimum Gasteiger partial charge on any atom is -0.459 e. The van der Waals surface area contributed by atoms with Crippen molar-refractivity contribution >= 4 is 29.4 Å². The van der Waals surface area contributed by atoms with E-state index in [1.807, 2.05) is 0 Å². The van der Waals surface area contributed by atoms with Gasteiger partial charge in [0, 0.05) is 30.8 Å². The number of hydrogen-bond donors (Lipinski definition) is 0. The van der Waals surface area contributed by atoms with Crippen LogP contribution in [0.2, 0.25) is 0 Å². The number of carbonyl (C=O) groups is 3. The molecule has 1 aromatic rings. The first-order valence-corrected chi connectivity index (χ1v) is 10.8. The molecule has 1 heterocycles. The van der Waals surface area contributed by atoms with Gasteiger partial charge in [-0.2, -0.15) is 0 Å². The minimum absolute atomic E-state index is 0.159. The first-order valence-electron chi connectivity index (χ1n) is 10.8. The second-order valence-electron chi connectivity index (χ2n) is 8.14. The van der Waals surface area contributed by atoms with Crippen LogP contribution in [0.25, 0.3) is 0 Å². The lowest BCUT2D eigenvalue weighted by molar-refractivity contribution is -0.396. The van der Waals surface area contributed by atoms with Crippen LogP contribution in [0.5, 0.6) is 0 Å². The Labute approximate surface area is 200 Å². The van der Waals surface area contributed by atoms with Gasteiger partial charge in [0.2, 0.25) is 0 Å². The molecule has 0 radical (unpaired) electrons. The Hall–Kier alpha value is -4.03. The number of nitrogens with zero attached hydrogens (tertiary/aromatic N) is 3. The Morgan fingerprint density at radius 2 is 1.57 bits per heavy atom. The van der Waals surface area contributed by atoms with Crippen LogP contribution in [-0.4, -0.2) is 58.1 Å². The molecule has 1 fully saturated rings. The third-order valence-corrected chi connectivity index (χ3v) is 5.55. The van der Waals surface area contributed by atoms with E-state index in [1.165, 1.54) is 17.9 Å². The molecule has 2 rings (SSSR count). The van der Waals surface area contributed by atoms with E-state index in [0.29, 0.717) is 0 Å². The first kappa shape index (κ1) is 27.2. The maximum Gasteiger partial charge on any atom is 0.410 e. The van der Waals surface area contributed by atoms with Crippen molar-refractivity contribution in [1.82, 2.24) is 4.90 Å². The number of esters is 2. The molecule has 1 aliphatic heterocycles. The summed E-state index contributed by atoms with van der Waals surface area (Å²) >= 11 is 0.